The van der Waals surface area contributed by atoms with Crippen LogP contribution in [0.4, 0.5) is 24.7 Å². The maximum atomic E-state index is 12.4. The van der Waals surface area contributed by atoms with Crippen LogP contribution in [0.1, 0.15) is 36.2 Å². The van der Waals surface area contributed by atoms with Crippen LogP contribution in [-0.4, -0.2) is 46.8 Å². The summed E-state index contributed by atoms with van der Waals surface area (Å²) >= 11 is 0. The minimum atomic E-state index is -4.73. The highest BCUT2D eigenvalue weighted by molar-refractivity contribution is 5.94. The summed E-state index contributed by atoms with van der Waals surface area (Å²) in [6.45, 7) is 4.76. The van der Waals surface area contributed by atoms with Crippen LogP contribution in [-0.2, 0) is 11.3 Å². The summed E-state index contributed by atoms with van der Waals surface area (Å²) in [6.07, 6.45) is 0.860. The number of aromatic nitrogens is 3. The van der Waals surface area contributed by atoms with Crippen molar-refractivity contribution in [2.45, 2.75) is 39.1 Å². The van der Waals surface area contributed by atoms with Gasteiger partial charge in [-0.2, -0.15) is 5.10 Å². The van der Waals surface area contributed by atoms with Crippen molar-refractivity contribution in [3.8, 4) is 5.75 Å². The predicted octanol–water partition coefficient (Wildman–Crippen LogP) is 4.68. The lowest BCUT2D eigenvalue weighted by Crippen LogP contribution is -2.30. The van der Waals surface area contributed by atoms with Gasteiger partial charge in [0.15, 0.2) is 6.73 Å². The maximum Gasteiger partial charge on any atom is 0.573 e. The number of nitrogens with zero attached hydrogens (tertiary/aromatic N) is 6. The Labute approximate surface area is 200 Å². The highest BCUT2D eigenvalue weighted by Gasteiger charge is 2.31. The molecule has 0 spiro atoms. The molecule has 0 atom stereocenters. The highest BCUT2D eigenvalue weighted by Crippen LogP contribution is 2.27. The lowest BCUT2D eigenvalue weighted by molar-refractivity contribution is -0.274. The fourth-order valence-corrected chi connectivity index (χ4v) is 4.13. The smallest absolute Gasteiger partial charge is 0.452 e. The summed E-state index contributed by atoms with van der Waals surface area (Å²) in [5.74, 6) is 1.07. The van der Waals surface area contributed by atoms with Crippen molar-refractivity contribution in [3.05, 3.63) is 65.6 Å². The fourth-order valence-electron chi connectivity index (χ4n) is 4.13. The molecule has 0 saturated carbocycles. The monoisotopic (exact) mass is 486 g/mol. The molecule has 0 N–H and O–H groups in total. The van der Waals surface area contributed by atoms with Gasteiger partial charge < -0.3 is 14.4 Å². The highest BCUT2D eigenvalue weighted by atomic mass is 19.4. The van der Waals surface area contributed by atoms with Crippen molar-refractivity contribution < 1.29 is 22.6 Å². The Morgan fingerprint density at radius 3 is 2.49 bits per heavy atom. The van der Waals surface area contributed by atoms with E-state index in [0.29, 0.717) is 23.8 Å². The van der Waals surface area contributed by atoms with E-state index in [-0.39, 0.29) is 12.5 Å². The molecule has 11 heteroatoms. The molecule has 3 aromatic rings. The number of ether oxygens (including phenoxy) is 2. The number of piperidine rings is 1. The van der Waals surface area contributed by atoms with Gasteiger partial charge in [0.05, 0.1) is 12.2 Å². The van der Waals surface area contributed by atoms with Crippen LogP contribution in [0.3, 0.4) is 0 Å². The van der Waals surface area contributed by atoms with Crippen molar-refractivity contribution >= 4 is 17.4 Å². The van der Waals surface area contributed by atoms with E-state index in [1.807, 2.05) is 23.9 Å². The normalized spacial score (nSPS) is 16.3. The number of aryl methyl sites for hydroxylation is 1. The molecular weight excluding hydrogens is 461 g/mol. The van der Waals surface area contributed by atoms with Crippen molar-refractivity contribution in [1.82, 2.24) is 14.8 Å². The number of hydrogen-bond acceptors (Lipinski definition) is 7. The number of alkyl halides is 3. The minimum absolute atomic E-state index is 0.128. The number of benzene rings is 1. The van der Waals surface area contributed by atoms with Crippen molar-refractivity contribution in [3.63, 3.8) is 0 Å². The van der Waals surface area contributed by atoms with Gasteiger partial charge in [-0.25, -0.2) is 9.99 Å². The molecule has 0 radical (unpaired) electrons. The second-order valence-corrected chi connectivity index (χ2v) is 8.52. The molecular formula is C24H25F3N6O2. The Hall–Kier alpha value is -3.76. The summed E-state index contributed by atoms with van der Waals surface area (Å²) < 4.78 is 48.5. The molecule has 2 aliphatic heterocycles. The van der Waals surface area contributed by atoms with Crippen LogP contribution in [0, 0.1) is 6.92 Å². The first-order chi connectivity index (χ1) is 16.8. The molecule has 5 rings (SSSR count). The molecule has 2 aliphatic rings. The lowest BCUT2D eigenvalue weighted by atomic mass is 10.1. The van der Waals surface area contributed by atoms with E-state index < -0.39 is 6.36 Å². The van der Waals surface area contributed by atoms with Gasteiger partial charge in [0.25, 0.3) is 5.90 Å². The van der Waals surface area contributed by atoms with Gasteiger partial charge in [0.1, 0.15) is 17.3 Å². The second kappa shape index (κ2) is 9.47. The predicted molar refractivity (Wildman–Crippen MR) is 124 cm³/mol. The third kappa shape index (κ3) is 5.50. The van der Waals surface area contributed by atoms with E-state index in [0.717, 1.165) is 30.2 Å². The van der Waals surface area contributed by atoms with E-state index in [4.69, 9.17) is 4.74 Å². The maximum absolute atomic E-state index is 12.4. The number of pyridine rings is 1. The largest absolute Gasteiger partial charge is 0.573 e. The Bertz CT molecular complexity index is 1190. The zero-order valence-electron chi connectivity index (χ0n) is 19.2. The van der Waals surface area contributed by atoms with Gasteiger partial charge in [-0.05, 0) is 68.1 Å². The molecule has 0 unspecified atom stereocenters. The molecule has 0 amide bonds. The van der Waals surface area contributed by atoms with Crippen LogP contribution in [0.15, 0.2) is 53.8 Å². The molecule has 0 aliphatic carbocycles. The summed E-state index contributed by atoms with van der Waals surface area (Å²) in [5.41, 5.74) is 3.14. The molecule has 1 saturated heterocycles. The molecule has 4 heterocycles. The number of rotatable bonds is 6. The quantitative estimate of drug-likeness (QED) is 0.504. The average molecular weight is 486 g/mol. The van der Waals surface area contributed by atoms with E-state index in [2.05, 4.69) is 37.0 Å². The summed E-state index contributed by atoms with van der Waals surface area (Å²) in [4.78, 5) is 6.96. The molecule has 8 nitrogen and oxygen atoms in total. The fraction of sp³-hybridized carbons (Fsp3) is 0.375. The van der Waals surface area contributed by atoms with Crippen molar-refractivity contribution in [2.75, 3.05) is 29.7 Å². The zero-order chi connectivity index (χ0) is 24.4. The third-order valence-corrected chi connectivity index (χ3v) is 5.93. The molecule has 0 bridgehead atoms. The third-order valence-electron chi connectivity index (χ3n) is 5.93. The standard InChI is InChI=1S/C24H25F3N6O2/c1-17-13-21(23-30-33(16-34-23)19-6-8-20(9-7-19)35-24(25,26)27)29-32(17)15-18-5-10-22(28-14-18)31-11-3-2-4-12-31/h5-10,13-14H,2-4,11-12,15-16H2,1H3. The van der Waals surface area contributed by atoms with Gasteiger partial charge >= 0.3 is 6.36 Å². The van der Waals surface area contributed by atoms with Crippen LogP contribution in [0.25, 0.3) is 0 Å². The van der Waals surface area contributed by atoms with E-state index in [9.17, 15) is 13.2 Å². The van der Waals surface area contributed by atoms with E-state index in [1.54, 1.807) is 5.01 Å². The van der Waals surface area contributed by atoms with Crippen LogP contribution in [0.2, 0.25) is 0 Å². The van der Waals surface area contributed by atoms with Gasteiger partial charge in [0.2, 0.25) is 0 Å². The van der Waals surface area contributed by atoms with Crippen LogP contribution < -0.4 is 14.6 Å². The Kier molecular flexibility index (Phi) is 6.23. The first kappa shape index (κ1) is 23.0. The SMILES string of the molecule is Cc1cc(C2=NN(c3ccc(OC(F)(F)F)cc3)CO2)nn1Cc1ccc(N2CCCCC2)nc1. The minimum Gasteiger partial charge on any atom is -0.452 e. The first-order valence-corrected chi connectivity index (χ1v) is 11.4. The van der Waals surface area contributed by atoms with Crippen LogP contribution >= 0.6 is 0 Å². The molecule has 2 aromatic heterocycles. The van der Waals surface area contributed by atoms with Gasteiger partial charge in [0, 0.05) is 25.0 Å². The van der Waals surface area contributed by atoms with Gasteiger partial charge in [-0.3, -0.25) is 4.68 Å². The Balaban J connectivity index is 1.25. The van der Waals surface area contributed by atoms with Gasteiger partial charge in [-0.15, -0.1) is 18.3 Å². The summed E-state index contributed by atoms with van der Waals surface area (Å²) in [5, 5.41) is 10.6. The molecule has 1 aromatic carbocycles. The van der Waals surface area contributed by atoms with E-state index in [1.165, 1.54) is 43.5 Å². The van der Waals surface area contributed by atoms with Crippen molar-refractivity contribution in [1.29, 1.82) is 0 Å². The number of hydrogen-bond donors (Lipinski definition) is 0. The molecule has 35 heavy (non-hydrogen) atoms. The number of anilines is 2. The van der Waals surface area contributed by atoms with Crippen molar-refractivity contribution in [2.24, 2.45) is 5.10 Å². The second-order valence-electron chi connectivity index (χ2n) is 8.52. The van der Waals surface area contributed by atoms with E-state index >= 15 is 0 Å². The summed E-state index contributed by atoms with van der Waals surface area (Å²) in [7, 11) is 0. The number of hydrazone groups is 1. The summed E-state index contributed by atoms with van der Waals surface area (Å²) in [6, 6.07) is 11.5. The topological polar surface area (TPSA) is 68.0 Å². The molecule has 1 fully saturated rings. The van der Waals surface area contributed by atoms with Crippen LogP contribution in [0.5, 0.6) is 5.75 Å². The number of halogens is 3. The Morgan fingerprint density at radius 2 is 1.80 bits per heavy atom. The lowest BCUT2D eigenvalue weighted by Gasteiger charge is -2.27. The molecule has 184 valence electrons. The zero-order valence-corrected chi connectivity index (χ0v) is 19.2. The average Bonchev–Trinajstić information content (AvgIpc) is 3.47. The first-order valence-electron chi connectivity index (χ1n) is 11.4. The van der Waals surface area contributed by atoms with Gasteiger partial charge in [-0.1, -0.05) is 6.07 Å². The Morgan fingerprint density at radius 1 is 1.03 bits per heavy atom.